The highest BCUT2D eigenvalue weighted by Crippen LogP contribution is 2.25. The Morgan fingerprint density at radius 2 is 1.89 bits per heavy atom. The summed E-state index contributed by atoms with van der Waals surface area (Å²) < 4.78 is 1.74. The summed E-state index contributed by atoms with van der Waals surface area (Å²) in [6.45, 7) is 1.64. The number of nitrogens with zero attached hydrogens (tertiary/aromatic N) is 6. The van der Waals surface area contributed by atoms with Gasteiger partial charge in [-0.25, -0.2) is 14.6 Å². The van der Waals surface area contributed by atoms with Gasteiger partial charge in [-0.05, 0) is 17.7 Å². The topological polar surface area (TPSA) is 75.5 Å². The lowest BCUT2D eigenvalue weighted by atomic mass is 10.0. The highest BCUT2D eigenvalue weighted by atomic mass is 15.3. The molecule has 4 heterocycles. The first kappa shape index (κ1) is 16.4. The monoisotopic (exact) mass is 369 g/mol. The van der Waals surface area contributed by atoms with Gasteiger partial charge in [0.05, 0.1) is 5.69 Å². The summed E-state index contributed by atoms with van der Waals surface area (Å²) in [6.07, 6.45) is 10.3. The van der Waals surface area contributed by atoms with Crippen molar-refractivity contribution < 1.29 is 0 Å². The Morgan fingerprint density at radius 1 is 1.00 bits per heavy atom. The molecule has 0 bridgehead atoms. The van der Waals surface area contributed by atoms with E-state index in [0.717, 1.165) is 42.4 Å². The van der Waals surface area contributed by atoms with Gasteiger partial charge in [0.15, 0.2) is 5.82 Å². The molecule has 0 atom stereocenters. The maximum Gasteiger partial charge on any atom is 0.158 e. The number of aromatic nitrogens is 6. The molecule has 0 saturated carbocycles. The van der Waals surface area contributed by atoms with Crippen LogP contribution in [0.15, 0.2) is 61.2 Å². The van der Waals surface area contributed by atoms with Crippen molar-refractivity contribution in [3.8, 4) is 5.82 Å². The van der Waals surface area contributed by atoms with E-state index >= 15 is 0 Å². The fraction of sp³-hybridized carbons (Fsp3) is 0.143. The van der Waals surface area contributed by atoms with E-state index in [9.17, 15) is 0 Å². The van der Waals surface area contributed by atoms with Crippen LogP contribution in [0.25, 0.3) is 18.0 Å². The molecule has 28 heavy (non-hydrogen) atoms. The first-order valence-corrected chi connectivity index (χ1v) is 9.23. The average Bonchev–Trinajstić information content (AvgIpc) is 3.43. The third kappa shape index (κ3) is 3.18. The molecule has 0 fully saturated rings. The van der Waals surface area contributed by atoms with Gasteiger partial charge < -0.3 is 4.90 Å². The second kappa shape index (κ2) is 7.11. The van der Waals surface area contributed by atoms with Gasteiger partial charge in [0.2, 0.25) is 0 Å². The Labute approximate surface area is 162 Å². The van der Waals surface area contributed by atoms with Crippen molar-refractivity contribution in [2.24, 2.45) is 0 Å². The first-order chi connectivity index (χ1) is 13.9. The van der Waals surface area contributed by atoms with E-state index < -0.39 is 0 Å². The third-order valence-corrected chi connectivity index (χ3v) is 4.90. The van der Waals surface area contributed by atoms with Crippen molar-refractivity contribution in [2.75, 3.05) is 11.4 Å². The van der Waals surface area contributed by atoms with E-state index in [1.54, 1.807) is 17.2 Å². The number of rotatable bonds is 4. The molecule has 0 unspecified atom stereocenters. The Balaban J connectivity index is 1.40. The molecule has 0 radical (unpaired) electrons. The molecular weight excluding hydrogens is 350 g/mol. The van der Waals surface area contributed by atoms with E-state index in [1.807, 2.05) is 36.5 Å². The molecule has 1 aromatic carbocycles. The molecule has 0 spiro atoms. The molecule has 1 N–H and O–H groups in total. The van der Waals surface area contributed by atoms with Gasteiger partial charge in [-0.2, -0.15) is 10.2 Å². The molecule has 4 aromatic rings. The lowest BCUT2D eigenvalue weighted by molar-refractivity contribution is 0.706. The summed E-state index contributed by atoms with van der Waals surface area (Å²) in [5.74, 6) is 1.66. The number of benzene rings is 1. The van der Waals surface area contributed by atoms with Crippen LogP contribution in [-0.2, 0) is 13.0 Å². The maximum absolute atomic E-state index is 4.51. The summed E-state index contributed by atoms with van der Waals surface area (Å²) in [5.41, 5.74) is 4.56. The zero-order valence-corrected chi connectivity index (χ0v) is 15.2. The molecule has 1 aliphatic heterocycles. The predicted molar refractivity (Wildman–Crippen MR) is 108 cm³/mol. The highest BCUT2D eigenvalue weighted by Gasteiger charge is 2.22. The number of anilines is 1. The second-order valence-electron chi connectivity index (χ2n) is 6.67. The van der Waals surface area contributed by atoms with E-state index in [1.165, 1.54) is 11.3 Å². The number of fused-ring (bicyclic) bond motifs is 1. The predicted octanol–water partition coefficient (Wildman–Crippen LogP) is 3.12. The SMILES string of the molecule is C(=Cc1n[nH]c2c1CN(c1cc(-n3cccn3)ncn1)CC2)c1ccccc1. The summed E-state index contributed by atoms with van der Waals surface area (Å²) in [4.78, 5) is 11.1. The van der Waals surface area contributed by atoms with Gasteiger partial charge in [-0.1, -0.05) is 36.4 Å². The highest BCUT2D eigenvalue weighted by molar-refractivity contribution is 5.70. The van der Waals surface area contributed by atoms with Gasteiger partial charge >= 0.3 is 0 Å². The largest absolute Gasteiger partial charge is 0.352 e. The van der Waals surface area contributed by atoms with Gasteiger partial charge in [-0.3, -0.25) is 5.10 Å². The molecule has 5 rings (SSSR count). The number of nitrogens with one attached hydrogen (secondary N) is 1. The van der Waals surface area contributed by atoms with Crippen LogP contribution in [0.2, 0.25) is 0 Å². The van der Waals surface area contributed by atoms with Crippen LogP contribution in [0, 0.1) is 0 Å². The second-order valence-corrected chi connectivity index (χ2v) is 6.67. The lowest BCUT2D eigenvalue weighted by Gasteiger charge is -2.28. The van der Waals surface area contributed by atoms with E-state index in [2.05, 4.69) is 54.4 Å². The smallest absolute Gasteiger partial charge is 0.158 e. The minimum atomic E-state index is 0.760. The van der Waals surface area contributed by atoms with Crippen LogP contribution < -0.4 is 4.90 Å². The van der Waals surface area contributed by atoms with Crippen LogP contribution in [0.5, 0.6) is 0 Å². The van der Waals surface area contributed by atoms with Gasteiger partial charge in [-0.15, -0.1) is 0 Å². The Kier molecular flexibility index (Phi) is 4.17. The first-order valence-electron chi connectivity index (χ1n) is 9.23. The third-order valence-electron chi connectivity index (χ3n) is 4.90. The van der Waals surface area contributed by atoms with Crippen LogP contribution in [0.4, 0.5) is 5.82 Å². The normalized spacial score (nSPS) is 13.8. The maximum atomic E-state index is 4.51. The lowest BCUT2D eigenvalue weighted by Crippen LogP contribution is -2.31. The summed E-state index contributed by atoms with van der Waals surface area (Å²) in [6, 6.07) is 14.1. The van der Waals surface area contributed by atoms with Crippen molar-refractivity contribution in [3.05, 3.63) is 83.7 Å². The minimum Gasteiger partial charge on any atom is -0.352 e. The molecule has 3 aromatic heterocycles. The van der Waals surface area contributed by atoms with Crippen molar-refractivity contribution in [2.45, 2.75) is 13.0 Å². The van der Waals surface area contributed by atoms with Crippen LogP contribution >= 0.6 is 0 Å². The average molecular weight is 369 g/mol. The van der Waals surface area contributed by atoms with E-state index in [4.69, 9.17) is 0 Å². The van der Waals surface area contributed by atoms with Crippen molar-refractivity contribution in [3.63, 3.8) is 0 Å². The van der Waals surface area contributed by atoms with E-state index in [-0.39, 0.29) is 0 Å². The molecule has 7 nitrogen and oxygen atoms in total. The van der Waals surface area contributed by atoms with Gasteiger partial charge in [0.1, 0.15) is 12.1 Å². The zero-order valence-electron chi connectivity index (χ0n) is 15.2. The standard InChI is InChI=1S/C21H19N7/c1-2-5-16(6-3-1)7-8-18-17-14-27(12-9-19(17)26-25-18)20-13-21(23-15-22-20)28-11-4-10-24-28/h1-8,10-11,13,15H,9,12,14H2,(H,25,26). The quantitative estimate of drug-likeness (QED) is 0.598. The molecule has 0 aliphatic carbocycles. The molecule has 7 heteroatoms. The van der Waals surface area contributed by atoms with E-state index in [0.29, 0.717) is 0 Å². The number of hydrogen-bond donors (Lipinski definition) is 1. The number of H-pyrrole nitrogens is 1. The van der Waals surface area contributed by atoms with Crippen LogP contribution in [0.3, 0.4) is 0 Å². The minimum absolute atomic E-state index is 0.760. The molecule has 0 amide bonds. The Hall–Kier alpha value is -3.74. The van der Waals surface area contributed by atoms with Crippen LogP contribution in [0.1, 0.15) is 22.5 Å². The molecule has 138 valence electrons. The van der Waals surface area contributed by atoms with Crippen molar-refractivity contribution >= 4 is 18.0 Å². The molecule has 1 aliphatic rings. The Bertz CT molecular complexity index is 1100. The van der Waals surface area contributed by atoms with Gasteiger partial charge in [0, 0.05) is 49.2 Å². The molecular formula is C21H19N7. The van der Waals surface area contributed by atoms with Gasteiger partial charge in [0.25, 0.3) is 0 Å². The fourth-order valence-electron chi connectivity index (χ4n) is 3.43. The number of aromatic amines is 1. The fourth-order valence-corrected chi connectivity index (χ4v) is 3.43. The summed E-state index contributed by atoms with van der Waals surface area (Å²) in [7, 11) is 0. The number of hydrogen-bond acceptors (Lipinski definition) is 5. The summed E-state index contributed by atoms with van der Waals surface area (Å²) in [5, 5.41) is 12.0. The summed E-state index contributed by atoms with van der Waals surface area (Å²) >= 11 is 0. The molecule has 0 saturated heterocycles. The zero-order chi connectivity index (χ0) is 18.8. The van der Waals surface area contributed by atoms with Crippen LogP contribution in [-0.4, -0.2) is 36.5 Å². The van der Waals surface area contributed by atoms with Crippen molar-refractivity contribution in [1.82, 2.24) is 29.9 Å². The Morgan fingerprint density at radius 3 is 2.75 bits per heavy atom. The van der Waals surface area contributed by atoms with Crippen molar-refractivity contribution in [1.29, 1.82) is 0 Å².